The molecule has 0 spiro atoms. The Morgan fingerprint density at radius 2 is 2.19 bits per heavy atom. The molecule has 21 heavy (non-hydrogen) atoms. The molecule has 0 aromatic heterocycles. The van der Waals surface area contributed by atoms with Gasteiger partial charge in [0.15, 0.2) is 0 Å². The molecule has 1 heterocycles. The Kier molecular flexibility index (Phi) is 6.17. The molecule has 2 N–H and O–H groups in total. The van der Waals surface area contributed by atoms with Crippen LogP contribution < -0.4 is 5.32 Å². The zero-order valence-corrected chi connectivity index (χ0v) is 12.5. The number of aliphatic hydroxyl groups is 1. The molecule has 1 aliphatic rings. The fraction of sp³-hybridized carbons (Fsp3) is 0.562. The molecule has 1 amide bonds. The SMILES string of the molecule is CC(O)CCNC(=O)c1cccc(CN2CCOCC2)c1. The molecule has 1 aromatic rings. The minimum atomic E-state index is -0.391. The van der Waals surface area contributed by atoms with Crippen LogP contribution in [-0.4, -0.2) is 54.9 Å². The predicted molar refractivity (Wildman–Crippen MR) is 81.2 cm³/mol. The van der Waals surface area contributed by atoms with Gasteiger partial charge >= 0.3 is 0 Å². The lowest BCUT2D eigenvalue weighted by atomic mass is 10.1. The maximum atomic E-state index is 12.0. The molecule has 0 aliphatic carbocycles. The van der Waals surface area contributed by atoms with Crippen molar-refractivity contribution in [3.05, 3.63) is 35.4 Å². The van der Waals surface area contributed by atoms with E-state index in [9.17, 15) is 9.90 Å². The highest BCUT2D eigenvalue weighted by molar-refractivity contribution is 5.94. The Labute approximate surface area is 125 Å². The van der Waals surface area contributed by atoms with E-state index in [0.29, 0.717) is 18.5 Å². The molecule has 0 saturated carbocycles. The fourth-order valence-electron chi connectivity index (χ4n) is 2.33. The molecule has 116 valence electrons. The van der Waals surface area contributed by atoms with Gasteiger partial charge in [-0.1, -0.05) is 12.1 Å². The first-order valence-electron chi connectivity index (χ1n) is 7.50. The summed E-state index contributed by atoms with van der Waals surface area (Å²) in [6.07, 6.45) is 0.178. The quantitative estimate of drug-likeness (QED) is 0.822. The van der Waals surface area contributed by atoms with Gasteiger partial charge in [-0.05, 0) is 31.0 Å². The molecular weight excluding hydrogens is 268 g/mol. The van der Waals surface area contributed by atoms with Crippen LogP contribution in [0.1, 0.15) is 29.3 Å². The Bertz CT molecular complexity index is 457. The standard InChI is InChI=1S/C16H24N2O3/c1-13(19)5-6-17-16(20)15-4-2-3-14(11-15)12-18-7-9-21-10-8-18/h2-4,11,13,19H,5-10,12H2,1H3,(H,17,20). The molecule has 1 atom stereocenters. The minimum Gasteiger partial charge on any atom is -0.393 e. The maximum absolute atomic E-state index is 12.0. The number of carbonyl (C=O) groups is 1. The van der Waals surface area contributed by atoms with Gasteiger partial charge in [0.2, 0.25) is 0 Å². The molecule has 1 aliphatic heterocycles. The summed E-state index contributed by atoms with van der Waals surface area (Å²) in [6.45, 7) is 6.48. The van der Waals surface area contributed by atoms with Gasteiger partial charge < -0.3 is 15.2 Å². The van der Waals surface area contributed by atoms with Crippen LogP contribution >= 0.6 is 0 Å². The summed E-state index contributed by atoms with van der Waals surface area (Å²) < 4.78 is 5.34. The summed E-state index contributed by atoms with van der Waals surface area (Å²) >= 11 is 0. The Morgan fingerprint density at radius 1 is 1.43 bits per heavy atom. The monoisotopic (exact) mass is 292 g/mol. The van der Waals surface area contributed by atoms with Crippen LogP contribution in [0.25, 0.3) is 0 Å². The molecule has 0 bridgehead atoms. The average Bonchev–Trinajstić information content (AvgIpc) is 2.48. The van der Waals surface area contributed by atoms with Gasteiger partial charge in [-0.15, -0.1) is 0 Å². The lowest BCUT2D eigenvalue weighted by molar-refractivity contribution is 0.0342. The molecule has 5 heteroatoms. The van der Waals surface area contributed by atoms with Crippen LogP contribution in [0.3, 0.4) is 0 Å². The highest BCUT2D eigenvalue weighted by Gasteiger charge is 2.12. The zero-order chi connectivity index (χ0) is 15.1. The summed E-state index contributed by atoms with van der Waals surface area (Å²) in [5.41, 5.74) is 1.81. The Balaban J connectivity index is 1.88. The molecule has 1 aromatic carbocycles. The third-order valence-corrected chi connectivity index (χ3v) is 3.55. The lowest BCUT2D eigenvalue weighted by Crippen LogP contribution is -2.35. The molecular formula is C16H24N2O3. The first kappa shape index (κ1) is 15.9. The van der Waals surface area contributed by atoms with Crippen molar-refractivity contribution in [3.63, 3.8) is 0 Å². The minimum absolute atomic E-state index is 0.0838. The fourth-order valence-corrected chi connectivity index (χ4v) is 2.33. The number of benzene rings is 1. The number of hydrogen-bond donors (Lipinski definition) is 2. The highest BCUT2D eigenvalue weighted by atomic mass is 16.5. The number of nitrogens with zero attached hydrogens (tertiary/aromatic N) is 1. The highest BCUT2D eigenvalue weighted by Crippen LogP contribution is 2.10. The van der Waals surface area contributed by atoms with Crippen molar-refractivity contribution in [1.82, 2.24) is 10.2 Å². The molecule has 5 nitrogen and oxygen atoms in total. The summed E-state index contributed by atoms with van der Waals surface area (Å²) in [4.78, 5) is 14.4. The number of amides is 1. The first-order valence-corrected chi connectivity index (χ1v) is 7.50. The van der Waals surface area contributed by atoms with Gasteiger partial charge in [-0.3, -0.25) is 9.69 Å². The molecule has 0 radical (unpaired) electrons. The smallest absolute Gasteiger partial charge is 0.251 e. The Hall–Kier alpha value is -1.43. The van der Waals surface area contributed by atoms with Crippen molar-refractivity contribution in [2.24, 2.45) is 0 Å². The van der Waals surface area contributed by atoms with Gasteiger partial charge in [0.05, 0.1) is 19.3 Å². The summed E-state index contributed by atoms with van der Waals surface area (Å²) in [6, 6.07) is 7.72. The lowest BCUT2D eigenvalue weighted by Gasteiger charge is -2.26. The van der Waals surface area contributed by atoms with Gasteiger partial charge in [0.1, 0.15) is 0 Å². The van der Waals surface area contributed by atoms with Crippen molar-refractivity contribution < 1.29 is 14.6 Å². The second-order valence-electron chi connectivity index (χ2n) is 5.48. The zero-order valence-electron chi connectivity index (χ0n) is 12.5. The van der Waals surface area contributed by atoms with Crippen molar-refractivity contribution in [1.29, 1.82) is 0 Å². The van der Waals surface area contributed by atoms with E-state index in [2.05, 4.69) is 10.2 Å². The number of carbonyl (C=O) groups excluding carboxylic acids is 1. The topological polar surface area (TPSA) is 61.8 Å². The van der Waals surface area contributed by atoms with E-state index < -0.39 is 6.10 Å². The number of rotatable bonds is 6. The van der Waals surface area contributed by atoms with Gasteiger partial charge in [-0.25, -0.2) is 0 Å². The number of hydrogen-bond acceptors (Lipinski definition) is 4. The van der Waals surface area contributed by atoms with Gasteiger partial charge in [0, 0.05) is 31.7 Å². The van der Waals surface area contributed by atoms with Crippen molar-refractivity contribution in [3.8, 4) is 0 Å². The molecule has 2 rings (SSSR count). The van der Waals surface area contributed by atoms with Crippen molar-refractivity contribution in [2.75, 3.05) is 32.8 Å². The average molecular weight is 292 g/mol. The van der Waals surface area contributed by atoms with E-state index in [1.165, 1.54) is 0 Å². The van der Waals surface area contributed by atoms with Crippen LogP contribution in [0.2, 0.25) is 0 Å². The first-order chi connectivity index (χ1) is 10.1. The summed E-state index contributed by atoms with van der Waals surface area (Å²) in [7, 11) is 0. The number of ether oxygens (including phenoxy) is 1. The van der Waals surface area contributed by atoms with Crippen LogP contribution in [0, 0.1) is 0 Å². The van der Waals surface area contributed by atoms with E-state index in [4.69, 9.17) is 4.74 Å². The normalized spacial score (nSPS) is 17.4. The molecule has 1 unspecified atom stereocenters. The number of aliphatic hydroxyl groups excluding tert-OH is 1. The molecule has 1 fully saturated rings. The van der Waals surface area contributed by atoms with E-state index in [1.54, 1.807) is 6.92 Å². The maximum Gasteiger partial charge on any atom is 0.251 e. The molecule has 1 saturated heterocycles. The third-order valence-electron chi connectivity index (χ3n) is 3.55. The largest absolute Gasteiger partial charge is 0.393 e. The van der Waals surface area contributed by atoms with Crippen LogP contribution in [0.4, 0.5) is 0 Å². The van der Waals surface area contributed by atoms with Crippen LogP contribution in [0.15, 0.2) is 24.3 Å². The Morgan fingerprint density at radius 3 is 2.90 bits per heavy atom. The van der Waals surface area contributed by atoms with Gasteiger partial charge in [-0.2, -0.15) is 0 Å². The van der Waals surface area contributed by atoms with Crippen LogP contribution in [0.5, 0.6) is 0 Å². The van der Waals surface area contributed by atoms with E-state index in [1.807, 2.05) is 24.3 Å². The second-order valence-corrected chi connectivity index (χ2v) is 5.48. The van der Waals surface area contributed by atoms with Crippen molar-refractivity contribution in [2.45, 2.75) is 26.0 Å². The predicted octanol–water partition coefficient (Wildman–Crippen LogP) is 1.02. The number of morpholine rings is 1. The van der Waals surface area contributed by atoms with E-state index >= 15 is 0 Å². The summed E-state index contributed by atoms with van der Waals surface area (Å²) in [5, 5.41) is 12.0. The summed E-state index contributed by atoms with van der Waals surface area (Å²) in [5.74, 6) is -0.0838. The van der Waals surface area contributed by atoms with Crippen molar-refractivity contribution >= 4 is 5.91 Å². The second kappa shape index (κ2) is 8.12. The third kappa shape index (κ3) is 5.46. The van der Waals surface area contributed by atoms with Gasteiger partial charge in [0.25, 0.3) is 5.91 Å². The van der Waals surface area contributed by atoms with Crippen LogP contribution in [-0.2, 0) is 11.3 Å². The van der Waals surface area contributed by atoms with E-state index in [0.717, 1.165) is 38.4 Å². The van der Waals surface area contributed by atoms with E-state index in [-0.39, 0.29) is 5.91 Å². The number of nitrogens with one attached hydrogen (secondary N) is 1.